The zero-order chi connectivity index (χ0) is 12.3. The number of nitrogens with one attached hydrogen (secondary N) is 1. The lowest BCUT2D eigenvalue weighted by Crippen LogP contribution is -2.46. The van der Waals surface area contributed by atoms with Gasteiger partial charge in [-0.05, 0) is 13.0 Å². The van der Waals surface area contributed by atoms with Gasteiger partial charge in [0.1, 0.15) is 0 Å². The van der Waals surface area contributed by atoms with Crippen molar-refractivity contribution < 1.29 is 9.59 Å². The molecule has 1 saturated heterocycles. The molecule has 0 atom stereocenters. The van der Waals surface area contributed by atoms with Gasteiger partial charge >= 0.3 is 0 Å². The SMILES string of the molecule is CC(=O)c1ccccc1C(=O)N1CCNCC1.Cl. The summed E-state index contributed by atoms with van der Waals surface area (Å²) in [4.78, 5) is 25.5. The van der Waals surface area contributed by atoms with Crippen molar-refractivity contribution in [1.82, 2.24) is 10.2 Å². The maximum atomic E-state index is 12.3. The molecule has 1 aromatic carbocycles. The van der Waals surface area contributed by atoms with Gasteiger partial charge in [0, 0.05) is 31.7 Å². The molecule has 1 aliphatic heterocycles. The average Bonchev–Trinajstić information content (AvgIpc) is 2.39. The van der Waals surface area contributed by atoms with E-state index in [4.69, 9.17) is 0 Å². The molecule has 0 saturated carbocycles. The molecule has 0 spiro atoms. The topological polar surface area (TPSA) is 49.4 Å². The number of carbonyl (C=O) groups is 2. The summed E-state index contributed by atoms with van der Waals surface area (Å²) in [5.41, 5.74) is 1.03. The standard InChI is InChI=1S/C13H16N2O2.ClH/c1-10(16)11-4-2-3-5-12(11)13(17)15-8-6-14-7-9-15;/h2-5,14H,6-9H2,1H3;1H. The minimum Gasteiger partial charge on any atom is -0.336 e. The number of amides is 1. The molecule has 1 heterocycles. The molecule has 1 N–H and O–H groups in total. The van der Waals surface area contributed by atoms with Crippen molar-refractivity contribution in [2.24, 2.45) is 0 Å². The van der Waals surface area contributed by atoms with Gasteiger partial charge in [-0.3, -0.25) is 9.59 Å². The van der Waals surface area contributed by atoms with Gasteiger partial charge < -0.3 is 10.2 Å². The quantitative estimate of drug-likeness (QED) is 0.824. The second kappa shape index (κ2) is 6.52. The first-order chi connectivity index (χ1) is 8.20. The molecule has 0 unspecified atom stereocenters. The van der Waals surface area contributed by atoms with Crippen LogP contribution in [0.3, 0.4) is 0 Å². The number of Topliss-reactive ketones (excluding diaryl/α,β-unsaturated/α-hetero) is 1. The lowest BCUT2D eigenvalue weighted by Gasteiger charge is -2.28. The predicted octanol–water partition coefficient (Wildman–Crippen LogP) is 1.36. The number of piperazine rings is 1. The third-order valence-corrected chi connectivity index (χ3v) is 2.94. The van der Waals surface area contributed by atoms with E-state index in [1.807, 2.05) is 0 Å². The minimum atomic E-state index is -0.0657. The van der Waals surface area contributed by atoms with Crippen LogP contribution >= 0.6 is 12.4 Å². The summed E-state index contributed by atoms with van der Waals surface area (Å²) >= 11 is 0. The van der Waals surface area contributed by atoms with Gasteiger partial charge in [0.25, 0.3) is 5.91 Å². The highest BCUT2D eigenvalue weighted by Crippen LogP contribution is 2.13. The van der Waals surface area contributed by atoms with Crippen LogP contribution in [0.25, 0.3) is 0 Å². The van der Waals surface area contributed by atoms with Crippen LogP contribution in [0.2, 0.25) is 0 Å². The largest absolute Gasteiger partial charge is 0.336 e. The van der Waals surface area contributed by atoms with Crippen LogP contribution in [0.15, 0.2) is 24.3 Å². The van der Waals surface area contributed by atoms with Gasteiger partial charge in [0.15, 0.2) is 5.78 Å². The Hall–Kier alpha value is -1.39. The highest BCUT2D eigenvalue weighted by atomic mass is 35.5. The molecule has 4 nitrogen and oxygen atoms in total. The molecule has 0 aliphatic carbocycles. The van der Waals surface area contributed by atoms with Crippen molar-refractivity contribution in [2.75, 3.05) is 26.2 Å². The van der Waals surface area contributed by atoms with E-state index in [0.717, 1.165) is 13.1 Å². The number of benzene rings is 1. The van der Waals surface area contributed by atoms with Crippen LogP contribution in [-0.4, -0.2) is 42.8 Å². The normalized spacial score (nSPS) is 14.8. The van der Waals surface area contributed by atoms with Gasteiger partial charge in [-0.1, -0.05) is 18.2 Å². The number of nitrogens with zero attached hydrogens (tertiary/aromatic N) is 1. The second-order valence-corrected chi connectivity index (χ2v) is 4.14. The molecule has 1 aliphatic rings. The second-order valence-electron chi connectivity index (χ2n) is 4.14. The van der Waals surface area contributed by atoms with Crippen LogP contribution in [-0.2, 0) is 0 Å². The van der Waals surface area contributed by atoms with E-state index in [1.54, 1.807) is 29.2 Å². The zero-order valence-electron chi connectivity index (χ0n) is 10.3. The van der Waals surface area contributed by atoms with Crippen LogP contribution in [0, 0.1) is 0 Å². The molecular weight excluding hydrogens is 252 g/mol. The van der Waals surface area contributed by atoms with Crippen LogP contribution < -0.4 is 5.32 Å². The fourth-order valence-electron chi connectivity index (χ4n) is 2.01. The summed E-state index contributed by atoms with van der Waals surface area (Å²) in [6, 6.07) is 7.01. The Balaban J connectivity index is 0.00000162. The summed E-state index contributed by atoms with van der Waals surface area (Å²) in [7, 11) is 0. The van der Waals surface area contributed by atoms with Crippen LogP contribution in [0.1, 0.15) is 27.6 Å². The molecule has 98 valence electrons. The maximum Gasteiger partial charge on any atom is 0.254 e. The summed E-state index contributed by atoms with van der Waals surface area (Å²) in [5, 5.41) is 3.20. The Morgan fingerprint density at radius 3 is 2.22 bits per heavy atom. The van der Waals surface area contributed by atoms with E-state index in [-0.39, 0.29) is 24.1 Å². The molecule has 1 aromatic rings. The molecule has 1 amide bonds. The average molecular weight is 269 g/mol. The van der Waals surface area contributed by atoms with Crippen molar-refractivity contribution in [3.63, 3.8) is 0 Å². The number of carbonyl (C=O) groups excluding carboxylic acids is 2. The van der Waals surface area contributed by atoms with Gasteiger partial charge in [-0.2, -0.15) is 0 Å². The highest BCUT2D eigenvalue weighted by Gasteiger charge is 2.21. The number of hydrogen-bond acceptors (Lipinski definition) is 3. The monoisotopic (exact) mass is 268 g/mol. The third kappa shape index (κ3) is 3.09. The number of ketones is 1. The van der Waals surface area contributed by atoms with E-state index in [1.165, 1.54) is 6.92 Å². The first kappa shape index (κ1) is 14.7. The summed E-state index contributed by atoms with van der Waals surface area (Å²) in [6.07, 6.45) is 0. The lowest BCUT2D eigenvalue weighted by atomic mass is 10.0. The molecule has 18 heavy (non-hydrogen) atoms. The highest BCUT2D eigenvalue weighted by molar-refractivity contribution is 6.07. The van der Waals surface area contributed by atoms with E-state index in [2.05, 4.69) is 5.32 Å². The van der Waals surface area contributed by atoms with E-state index < -0.39 is 0 Å². The van der Waals surface area contributed by atoms with Crippen LogP contribution in [0.4, 0.5) is 0 Å². The predicted molar refractivity (Wildman–Crippen MR) is 72.5 cm³/mol. The zero-order valence-corrected chi connectivity index (χ0v) is 11.1. The van der Waals surface area contributed by atoms with E-state index >= 15 is 0 Å². The van der Waals surface area contributed by atoms with Gasteiger partial charge in [0.05, 0.1) is 5.56 Å². The van der Waals surface area contributed by atoms with E-state index in [0.29, 0.717) is 24.2 Å². The van der Waals surface area contributed by atoms with Crippen molar-refractivity contribution >= 4 is 24.1 Å². The fraction of sp³-hybridized carbons (Fsp3) is 0.385. The van der Waals surface area contributed by atoms with Gasteiger partial charge in [-0.15, -0.1) is 12.4 Å². The number of rotatable bonds is 2. The maximum absolute atomic E-state index is 12.3. The Morgan fingerprint density at radius 2 is 1.67 bits per heavy atom. The third-order valence-electron chi connectivity index (χ3n) is 2.94. The summed E-state index contributed by atoms with van der Waals surface area (Å²) in [6.45, 7) is 4.52. The molecule has 0 bridgehead atoms. The molecule has 1 fully saturated rings. The smallest absolute Gasteiger partial charge is 0.254 e. The van der Waals surface area contributed by atoms with Gasteiger partial charge in [0.2, 0.25) is 0 Å². The van der Waals surface area contributed by atoms with Crippen molar-refractivity contribution in [3.8, 4) is 0 Å². The first-order valence-electron chi connectivity index (χ1n) is 5.80. The lowest BCUT2D eigenvalue weighted by molar-refractivity contribution is 0.0731. The molecule has 0 radical (unpaired) electrons. The Bertz CT molecular complexity index is 442. The minimum absolute atomic E-state index is 0. The number of halogens is 1. The molecule has 5 heteroatoms. The fourth-order valence-corrected chi connectivity index (χ4v) is 2.01. The number of hydrogen-bond donors (Lipinski definition) is 1. The van der Waals surface area contributed by atoms with Gasteiger partial charge in [-0.25, -0.2) is 0 Å². The summed E-state index contributed by atoms with van der Waals surface area (Å²) in [5.74, 6) is -0.110. The summed E-state index contributed by atoms with van der Waals surface area (Å²) < 4.78 is 0. The van der Waals surface area contributed by atoms with Crippen molar-refractivity contribution in [2.45, 2.75) is 6.92 Å². The molecule has 2 rings (SSSR count). The molecular formula is C13H17ClN2O2. The molecule has 0 aromatic heterocycles. The first-order valence-corrected chi connectivity index (χ1v) is 5.80. The van der Waals surface area contributed by atoms with Crippen molar-refractivity contribution in [1.29, 1.82) is 0 Å². The van der Waals surface area contributed by atoms with Crippen molar-refractivity contribution in [3.05, 3.63) is 35.4 Å². The Morgan fingerprint density at radius 1 is 1.11 bits per heavy atom. The Kier molecular flexibility index (Phi) is 5.31. The van der Waals surface area contributed by atoms with E-state index in [9.17, 15) is 9.59 Å². The Labute approximate surface area is 113 Å². The van der Waals surface area contributed by atoms with Crippen LogP contribution in [0.5, 0.6) is 0 Å².